The van der Waals surface area contributed by atoms with Gasteiger partial charge in [0, 0.05) is 17.8 Å². The highest BCUT2D eigenvalue weighted by Crippen LogP contribution is 2.44. The van der Waals surface area contributed by atoms with Crippen molar-refractivity contribution in [2.24, 2.45) is 5.92 Å². The maximum Gasteiger partial charge on any atom is 0.413 e. The number of carbonyl (C=O) groups is 3. The van der Waals surface area contributed by atoms with Gasteiger partial charge in [-0.2, -0.15) is 0 Å². The summed E-state index contributed by atoms with van der Waals surface area (Å²) in [5.41, 5.74) is 4.63. The second-order valence-electron chi connectivity index (χ2n) is 8.54. The first-order chi connectivity index (χ1) is 16.4. The third-order valence-electron chi connectivity index (χ3n) is 6.49. The Morgan fingerprint density at radius 3 is 2.41 bits per heavy atom. The van der Waals surface area contributed by atoms with Crippen molar-refractivity contribution in [2.45, 2.75) is 25.3 Å². The van der Waals surface area contributed by atoms with Gasteiger partial charge in [-0.15, -0.1) is 11.3 Å². The van der Waals surface area contributed by atoms with Crippen LogP contribution in [0.1, 0.15) is 40.9 Å². The molecule has 1 saturated heterocycles. The van der Waals surface area contributed by atoms with Gasteiger partial charge < -0.3 is 14.7 Å². The zero-order valence-electron chi connectivity index (χ0n) is 18.4. The highest BCUT2D eigenvalue weighted by Gasteiger charge is 2.40. The van der Waals surface area contributed by atoms with Gasteiger partial charge in [0.05, 0.1) is 0 Å². The Kier molecular flexibility index (Phi) is 5.79. The van der Waals surface area contributed by atoms with Crippen molar-refractivity contribution in [3.8, 4) is 11.1 Å². The van der Waals surface area contributed by atoms with Gasteiger partial charge in [0.15, 0.2) is 5.13 Å². The van der Waals surface area contributed by atoms with Crippen LogP contribution in [0.3, 0.4) is 0 Å². The van der Waals surface area contributed by atoms with Gasteiger partial charge >= 0.3 is 12.1 Å². The maximum absolute atomic E-state index is 12.8. The molecule has 2 N–H and O–H groups in total. The van der Waals surface area contributed by atoms with Gasteiger partial charge in [0.2, 0.25) is 0 Å². The molecule has 2 aromatic carbocycles. The predicted octanol–water partition coefficient (Wildman–Crippen LogP) is 4.44. The molecular formula is C25H23N3O5S. The first-order valence-corrected chi connectivity index (χ1v) is 11.9. The lowest BCUT2D eigenvalue weighted by Crippen LogP contribution is -2.42. The maximum atomic E-state index is 12.8. The fourth-order valence-corrected chi connectivity index (χ4v) is 5.52. The van der Waals surface area contributed by atoms with Crippen LogP contribution in [0.15, 0.2) is 53.9 Å². The summed E-state index contributed by atoms with van der Waals surface area (Å²) < 4.78 is 5.52. The van der Waals surface area contributed by atoms with Gasteiger partial charge in [0.25, 0.3) is 5.91 Å². The minimum atomic E-state index is -1.02. The molecule has 0 saturated carbocycles. The summed E-state index contributed by atoms with van der Waals surface area (Å²) in [6, 6.07) is 15.3. The van der Waals surface area contributed by atoms with Gasteiger partial charge in [-0.1, -0.05) is 55.5 Å². The summed E-state index contributed by atoms with van der Waals surface area (Å²) >= 11 is 1.09. The number of aliphatic carboxylic acids is 1. The van der Waals surface area contributed by atoms with E-state index in [9.17, 15) is 19.5 Å². The molecule has 3 aromatic rings. The van der Waals surface area contributed by atoms with E-state index in [4.69, 9.17) is 4.74 Å². The minimum Gasteiger partial charge on any atom is -0.480 e. The molecule has 1 aliphatic carbocycles. The first-order valence-electron chi connectivity index (χ1n) is 11.1. The predicted molar refractivity (Wildman–Crippen MR) is 127 cm³/mol. The number of anilines is 1. The van der Waals surface area contributed by atoms with E-state index in [2.05, 4.69) is 22.4 Å². The molecule has 1 aliphatic heterocycles. The van der Waals surface area contributed by atoms with Crippen LogP contribution in [0.4, 0.5) is 9.93 Å². The number of carboxylic acids is 1. The number of benzene rings is 2. The molecule has 0 bridgehead atoms. The Morgan fingerprint density at radius 2 is 1.76 bits per heavy atom. The Morgan fingerprint density at radius 1 is 1.12 bits per heavy atom. The number of rotatable bonds is 5. The van der Waals surface area contributed by atoms with Crippen molar-refractivity contribution < 1.29 is 24.2 Å². The number of likely N-dealkylation sites (tertiary alicyclic amines) is 1. The molecule has 8 nitrogen and oxygen atoms in total. The van der Waals surface area contributed by atoms with Gasteiger partial charge in [-0.05, 0) is 34.6 Å². The van der Waals surface area contributed by atoms with Crippen molar-refractivity contribution in [3.05, 3.63) is 70.7 Å². The molecule has 0 spiro atoms. The molecule has 9 heteroatoms. The van der Waals surface area contributed by atoms with Crippen molar-refractivity contribution in [2.75, 3.05) is 18.5 Å². The Hall–Kier alpha value is -3.72. The number of fused-ring (bicyclic) bond motifs is 3. The van der Waals surface area contributed by atoms with E-state index in [-0.39, 0.29) is 29.3 Å². The van der Waals surface area contributed by atoms with Crippen molar-refractivity contribution >= 4 is 34.4 Å². The van der Waals surface area contributed by atoms with Crippen molar-refractivity contribution in [1.82, 2.24) is 9.88 Å². The Balaban J connectivity index is 1.23. The van der Waals surface area contributed by atoms with Crippen LogP contribution in [-0.2, 0) is 9.53 Å². The van der Waals surface area contributed by atoms with Gasteiger partial charge in [-0.3, -0.25) is 10.1 Å². The van der Waals surface area contributed by atoms with Gasteiger partial charge in [-0.25, -0.2) is 14.6 Å². The molecule has 2 aliphatic rings. The van der Waals surface area contributed by atoms with Crippen molar-refractivity contribution in [1.29, 1.82) is 0 Å². The molecule has 1 aromatic heterocycles. The van der Waals surface area contributed by atoms with Crippen LogP contribution in [0, 0.1) is 5.92 Å². The minimum absolute atomic E-state index is 0.0586. The number of hydrogen-bond acceptors (Lipinski definition) is 6. The quantitative estimate of drug-likeness (QED) is 0.562. The zero-order chi connectivity index (χ0) is 23.8. The normalized spacial score (nSPS) is 18.9. The highest BCUT2D eigenvalue weighted by molar-refractivity contribution is 7.14. The molecule has 5 rings (SSSR count). The zero-order valence-corrected chi connectivity index (χ0v) is 19.2. The van der Waals surface area contributed by atoms with E-state index >= 15 is 0 Å². The second-order valence-corrected chi connectivity index (χ2v) is 9.39. The van der Waals surface area contributed by atoms with Crippen LogP contribution in [-0.4, -0.2) is 52.2 Å². The standard InChI is InChI=1S/C25H23N3O5S/c1-14-10-11-28(21(14)23(30)31)22(29)20-13-34-24(26-20)27-25(32)33-12-19-17-8-4-2-6-15(17)16-7-3-5-9-18(16)19/h2-9,13-14,19,21H,10-12H2,1H3,(H,30,31)(H,26,27,32). The highest BCUT2D eigenvalue weighted by atomic mass is 32.1. The van der Waals surface area contributed by atoms with E-state index in [1.54, 1.807) is 0 Å². The molecule has 1 fully saturated rings. The summed E-state index contributed by atoms with van der Waals surface area (Å²) in [5.74, 6) is -1.66. The lowest BCUT2D eigenvalue weighted by Gasteiger charge is -2.22. The Bertz CT molecular complexity index is 1230. The molecular weight excluding hydrogens is 454 g/mol. The second kappa shape index (κ2) is 8.90. The van der Waals surface area contributed by atoms with Crippen LogP contribution in [0.2, 0.25) is 0 Å². The third kappa shape index (κ3) is 3.92. The van der Waals surface area contributed by atoms with Gasteiger partial charge in [0.1, 0.15) is 18.3 Å². The number of amides is 2. The topological polar surface area (TPSA) is 109 Å². The Labute approximate surface area is 200 Å². The summed E-state index contributed by atoms with van der Waals surface area (Å²) in [7, 11) is 0. The number of nitrogens with one attached hydrogen (secondary N) is 1. The lowest BCUT2D eigenvalue weighted by atomic mass is 9.98. The molecule has 2 atom stereocenters. The third-order valence-corrected chi connectivity index (χ3v) is 7.25. The number of carboxylic acid groups (broad SMARTS) is 1. The van der Waals surface area contributed by atoms with Crippen LogP contribution in [0.5, 0.6) is 0 Å². The molecule has 174 valence electrons. The summed E-state index contributed by atoms with van der Waals surface area (Å²) in [4.78, 5) is 42.4. The van der Waals surface area contributed by atoms with Crippen LogP contribution >= 0.6 is 11.3 Å². The number of aromatic nitrogens is 1. The van der Waals surface area contributed by atoms with Crippen molar-refractivity contribution in [3.63, 3.8) is 0 Å². The smallest absolute Gasteiger partial charge is 0.413 e. The first kappa shape index (κ1) is 22.1. The monoisotopic (exact) mass is 477 g/mol. The fourth-order valence-electron chi connectivity index (χ4n) is 4.85. The van der Waals surface area contributed by atoms with E-state index in [0.717, 1.165) is 33.6 Å². The largest absolute Gasteiger partial charge is 0.480 e. The average Bonchev–Trinajstić information content (AvgIpc) is 3.53. The SMILES string of the molecule is CC1CCN(C(=O)c2csc(NC(=O)OCC3c4ccccc4-c4ccccc43)n2)C1C(=O)O. The molecule has 0 radical (unpaired) electrons. The molecule has 2 heterocycles. The van der Waals surface area contributed by atoms with E-state index in [1.165, 1.54) is 10.3 Å². The van der Waals surface area contributed by atoms with E-state index in [1.807, 2.05) is 43.3 Å². The molecule has 2 unspecified atom stereocenters. The van der Waals surface area contributed by atoms with E-state index in [0.29, 0.717) is 13.0 Å². The lowest BCUT2D eigenvalue weighted by molar-refractivity contribution is -0.142. The number of hydrogen-bond donors (Lipinski definition) is 2. The summed E-state index contributed by atoms with van der Waals surface area (Å²) in [5, 5.41) is 13.8. The summed E-state index contributed by atoms with van der Waals surface area (Å²) in [6.07, 6.45) is -0.0362. The summed E-state index contributed by atoms with van der Waals surface area (Å²) in [6.45, 7) is 2.35. The van der Waals surface area contributed by atoms with Crippen LogP contribution < -0.4 is 5.32 Å². The average molecular weight is 478 g/mol. The molecule has 2 amide bonds. The number of thiazole rings is 1. The van der Waals surface area contributed by atoms with E-state index < -0.39 is 24.0 Å². The van der Waals surface area contributed by atoms with Crippen LogP contribution in [0.25, 0.3) is 11.1 Å². The molecule has 34 heavy (non-hydrogen) atoms. The number of carbonyl (C=O) groups excluding carboxylic acids is 2. The number of ether oxygens (including phenoxy) is 1. The number of nitrogens with zero attached hydrogens (tertiary/aromatic N) is 2. The fraction of sp³-hybridized carbons (Fsp3) is 0.280.